The zero-order chi connectivity index (χ0) is 44.4. The van der Waals surface area contributed by atoms with Crippen molar-refractivity contribution in [3.05, 3.63) is 12.2 Å². The maximum Gasteiger partial charge on any atom is 0.364 e. The van der Waals surface area contributed by atoms with Gasteiger partial charge in [0, 0.05) is 26.7 Å². The Hall–Kier alpha value is -3.03. The molecule has 0 bridgehead atoms. The van der Waals surface area contributed by atoms with Gasteiger partial charge in [-0.25, -0.2) is 9.59 Å². The lowest BCUT2D eigenvalue weighted by Gasteiger charge is -2.30. The Kier molecular flexibility index (Phi) is 32.9. The molecule has 3 unspecified atom stereocenters. The molecule has 0 aromatic carbocycles. The van der Waals surface area contributed by atoms with E-state index in [9.17, 15) is 29.1 Å². The van der Waals surface area contributed by atoms with Crippen molar-refractivity contribution >= 4 is 29.8 Å². The Morgan fingerprint density at radius 2 is 0.983 bits per heavy atom. The minimum atomic E-state index is -0.909. The SMILES string of the molecule is CCCCCCCCCCCC(OC(=O)CCCCCCCC=CCC(O)C(CCCCC)OC(=O)C[N+](C)(C)CCOC(C)=O)OC(=O)C[N+](C)(C)CCOC(C)=O. The fourth-order valence-corrected chi connectivity index (χ4v) is 6.58. The third-order valence-electron chi connectivity index (χ3n) is 10.3. The van der Waals surface area contributed by atoms with E-state index in [0.29, 0.717) is 43.3 Å². The molecule has 59 heavy (non-hydrogen) atoms. The lowest BCUT2D eigenvalue weighted by molar-refractivity contribution is -0.883. The normalized spacial score (nSPS) is 13.4. The van der Waals surface area contributed by atoms with Crippen molar-refractivity contribution in [3.63, 3.8) is 0 Å². The highest BCUT2D eigenvalue weighted by molar-refractivity contribution is 5.72. The van der Waals surface area contributed by atoms with Crippen molar-refractivity contribution in [3.8, 4) is 0 Å². The number of quaternary nitrogens is 2. The molecule has 0 heterocycles. The van der Waals surface area contributed by atoms with E-state index < -0.39 is 24.5 Å². The van der Waals surface area contributed by atoms with Crippen molar-refractivity contribution < 1.29 is 61.7 Å². The molecule has 13 nitrogen and oxygen atoms in total. The number of carbonyl (C=O) groups excluding carboxylic acids is 5. The van der Waals surface area contributed by atoms with E-state index in [1.807, 2.05) is 34.3 Å². The Morgan fingerprint density at radius 3 is 1.53 bits per heavy atom. The van der Waals surface area contributed by atoms with Gasteiger partial charge in [0.1, 0.15) is 32.4 Å². The van der Waals surface area contributed by atoms with Crippen LogP contribution in [-0.4, -0.2) is 130 Å². The maximum absolute atomic E-state index is 12.9. The van der Waals surface area contributed by atoms with Crippen LogP contribution in [0.15, 0.2) is 12.2 Å². The van der Waals surface area contributed by atoms with Gasteiger partial charge in [-0.15, -0.1) is 0 Å². The predicted molar refractivity (Wildman–Crippen MR) is 231 cm³/mol. The van der Waals surface area contributed by atoms with Gasteiger partial charge in [-0.2, -0.15) is 0 Å². The molecule has 0 aliphatic rings. The van der Waals surface area contributed by atoms with Crippen LogP contribution in [0.3, 0.4) is 0 Å². The topological polar surface area (TPSA) is 152 Å². The van der Waals surface area contributed by atoms with Crippen LogP contribution >= 0.6 is 0 Å². The molecular formula is C46H86N2O11+2. The monoisotopic (exact) mass is 843 g/mol. The molecule has 0 amide bonds. The number of aliphatic hydroxyl groups excluding tert-OH is 1. The average Bonchev–Trinajstić information content (AvgIpc) is 3.13. The number of aliphatic hydroxyl groups is 1. The number of carbonyl (C=O) groups is 5. The number of ether oxygens (including phenoxy) is 5. The van der Waals surface area contributed by atoms with Crippen molar-refractivity contribution in [2.24, 2.45) is 0 Å². The molecule has 344 valence electrons. The summed E-state index contributed by atoms with van der Waals surface area (Å²) in [5, 5.41) is 10.9. The van der Waals surface area contributed by atoms with E-state index in [1.54, 1.807) is 0 Å². The van der Waals surface area contributed by atoms with Gasteiger partial charge in [-0.1, -0.05) is 109 Å². The van der Waals surface area contributed by atoms with Crippen LogP contribution < -0.4 is 0 Å². The van der Waals surface area contributed by atoms with Gasteiger partial charge in [-0.3, -0.25) is 14.4 Å². The Bertz CT molecular complexity index is 1170. The fourth-order valence-electron chi connectivity index (χ4n) is 6.58. The molecule has 1 N–H and O–H groups in total. The highest BCUT2D eigenvalue weighted by atomic mass is 16.7. The van der Waals surface area contributed by atoms with Crippen LogP contribution in [0, 0.1) is 0 Å². The fraction of sp³-hybridized carbons (Fsp3) is 0.848. The van der Waals surface area contributed by atoms with Crippen molar-refractivity contribution in [2.75, 3.05) is 67.6 Å². The smallest absolute Gasteiger partial charge is 0.364 e. The number of hydrogen-bond donors (Lipinski definition) is 1. The number of unbranched alkanes of at least 4 members (excludes halogenated alkanes) is 15. The molecule has 0 rings (SSSR count). The van der Waals surface area contributed by atoms with E-state index in [1.165, 1.54) is 52.4 Å². The molecular weight excluding hydrogens is 757 g/mol. The lowest BCUT2D eigenvalue weighted by atomic mass is 10.0. The Balaban J connectivity index is 4.71. The molecule has 0 fully saturated rings. The largest absolute Gasteiger partial charge is 0.460 e. The van der Waals surface area contributed by atoms with Crippen molar-refractivity contribution in [2.45, 2.75) is 187 Å². The van der Waals surface area contributed by atoms with Crippen LogP contribution in [0.25, 0.3) is 0 Å². The Morgan fingerprint density at radius 1 is 0.542 bits per heavy atom. The highest BCUT2D eigenvalue weighted by Crippen LogP contribution is 2.18. The van der Waals surface area contributed by atoms with Crippen LogP contribution in [-0.2, 0) is 47.7 Å². The first-order chi connectivity index (χ1) is 28.0. The minimum Gasteiger partial charge on any atom is -0.460 e. The molecule has 0 saturated carbocycles. The first-order valence-corrected chi connectivity index (χ1v) is 22.8. The summed E-state index contributed by atoms with van der Waals surface area (Å²) in [7, 11) is 7.48. The molecule has 3 atom stereocenters. The van der Waals surface area contributed by atoms with E-state index in [2.05, 4.69) is 19.9 Å². The molecule has 0 aromatic rings. The third-order valence-corrected chi connectivity index (χ3v) is 10.3. The van der Waals surface area contributed by atoms with E-state index in [-0.39, 0.29) is 61.1 Å². The Labute approximate surface area is 358 Å². The number of hydrogen-bond acceptors (Lipinski definition) is 11. The van der Waals surface area contributed by atoms with Gasteiger partial charge in [0.05, 0.1) is 34.3 Å². The van der Waals surface area contributed by atoms with Crippen LogP contribution in [0.4, 0.5) is 0 Å². The number of nitrogens with zero attached hydrogens (tertiary/aromatic N) is 2. The molecule has 0 aliphatic carbocycles. The second-order valence-electron chi connectivity index (χ2n) is 17.4. The number of esters is 5. The average molecular weight is 843 g/mol. The van der Waals surface area contributed by atoms with E-state index >= 15 is 0 Å². The molecule has 0 aliphatic heterocycles. The second-order valence-corrected chi connectivity index (χ2v) is 17.4. The quantitative estimate of drug-likeness (QED) is 0.0160. The van der Waals surface area contributed by atoms with Gasteiger partial charge < -0.3 is 37.8 Å². The lowest BCUT2D eigenvalue weighted by Crippen LogP contribution is -2.47. The summed E-state index contributed by atoms with van der Waals surface area (Å²) in [6, 6.07) is 0. The van der Waals surface area contributed by atoms with Gasteiger partial charge >= 0.3 is 29.8 Å². The van der Waals surface area contributed by atoms with Gasteiger partial charge in [-0.05, 0) is 44.9 Å². The molecule has 0 saturated heterocycles. The minimum absolute atomic E-state index is 0.0676. The zero-order valence-electron chi connectivity index (χ0n) is 38.6. The van der Waals surface area contributed by atoms with Crippen molar-refractivity contribution in [1.82, 2.24) is 0 Å². The zero-order valence-corrected chi connectivity index (χ0v) is 38.6. The summed E-state index contributed by atoms with van der Waals surface area (Å²) in [4.78, 5) is 60.7. The summed E-state index contributed by atoms with van der Waals surface area (Å²) in [6.07, 6.45) is 22.2. The van der Waals surface area contributed by atoms with E-state index in [4.69, 9.17) is 23.7 Å². The summed E-state index contributed by atoms with van der Waals surface area (Å²) in [5.41, 5.74) is 0. The molecule has 0 radical (unpaired) electrons. The predicted octanol–water partition coefficient (Wildman–Crippen LogP) is 8.13. The number of likely N-dealkylation sites (N-methyl/N-ethyl adjacent to an activating group) is 2. The number of rotatable bonds is 38. The molecule has 13 heteroatoms. The van der Waals surface area contributed by atoms with Gasteiger partial charge in [0.25, 0.3) is 0 Å². The van der Waals surface area contributed by atoms with Crippen LogP contribution in [0.2, 0.25) is 0 Å². The standard InChI is InChI=1S/C46H86N2O11/c1-9-11-13-14-15-16-21-24-28-32-46(59-45(54)38-48(7,8)34-36-56-40(4)50)58-43(52)31-27-23-20-18-17-19-22-26-29-41(51)42(30-25-12-10-2)57-44(53)37-47(5,6)33-35-55-39(3)49/h22,26,41-42,46,51H,9-21,23-25,27-38H2,1-8H3/q+2. The highest BCUT2D eigenvalue weighted by Gasteiger charge is 2.28. The van der Waals surface area contributed by atoms with E-state index in [0.717, 1.165) is 70.6 Å². The van der Waals surface area contributed by atoms with Crippen molar-refractivity contribution in [1.29, 1.82) is 0 Å². The number of allylic oxidation sites excluding steroid dienone is 1. The molecule has 0 spiro atoms. The van der Waals surface area contributed by atoms with Gasteiger partial charge in [0.15, 0.2) is 13.1 Å². The molecule has 0 aromatic heterocycles. The maximum atomic E-state index is 12.9. The summed E-state index contributed by atoms with van der Waals surface area (Å²) in [6.45, 7) is 8.58. The van der Waals surface area contributed by atoms with Crippen LogP contribution in [0.1, 0.15) is 169 Å². The summed E-state index contributed by atoms with van der Waals surface area (Å²) < 4.78 is 27.8. The third kappa shape index (κ3) is 35.4. The first-order valence-electron chi connectivity index (χ1n) is 22.8. The van der Waals surface area contributed by atoms with Gasteiger partial charge in [0.2, 0.25) is 6.29 Å². The second kappa shape index (κ2) is 34.7. The summed E-state index contributed by atoms with van der Waals surface area (Å²) in [5.74, 6) is -1.90. The van der Waals surface area contributed by atoms with Crippen LogP contribution in [0.5, 0.6) is 0 Å². The first kappa shape index (κ1) is 56.0. The summed E-state index contributed by atoms with van der Waals surface area (Å²) >= 11 is 0.